The highest BCUT2D eigenvalue weighted by Gasteiger charge is 2.23. The van der Waals surface area contributed by atoms with Gasteiger partial charge in [-0.15, -0.1) is 11.3 Å². The number of hydrogen-bond acceptors (Lipinski definition) is 4. The molecule has 2 aromatic carbocycles. The Morgan fingerprint density at radius 1 is 0.971 bits per heavy atom. The molecule has 0 aliphatic heterocycles. The van der Waals surface area contributed by atoms with E-state index in [4.69, 9.17) is 4.74 Å². The molecule has 180 valence electrons. The highest BCUT2D eigenvalue weighted by molar-refractivity contribution is 7.10. The van der Waals surface area contributed by atoms with Crippen LogP contribution in [-0.2, 0) is 22.6 Å². The molecule has 0 aliphatic carbocycles. The number of amides is 3. The molecule has 3 rings (SSSR count). The zero-order valence-electron chi connectivity index (χ0n) is 19.7. The van der Waals surface area contributed by atoms with E-state index < -0.39 is 0 Å². The number of urea groups is 1. The lowest BCUT2D eigenvalue weighted by Crippen LogP contribution is -2.45. The lowest BCUT2D eigenvalue weighted by molar-refractivity contribution is -0.133. The number of nitrogens with one attached hydrogen (secondary N) is 1. The Morgan fingerprint density at radius 2 is 1.68 bits per heavy atom. The molecule has 0 bridgehead atoms. The van der Waals surface area contributed by atoms with E-state index in [0.29, 0.717) is 25.4 Å². The summed E-state index contributed by atoms with van der Waals surface area (Å²) in [6.45, 7) is 5.17. The van der Waals surface area contributed by atoms with Crippen LogP contribution in [0.25, 0.3) is 0 Å². The number of carbonyl (C=O) groups excluding carboxylic acids is 2. The van der Waals surface area contributed by atoms with Gasteiger partial charge in [0.15, 0.2) is 0 Å². The molecule has 0 saturated carbocycles. The van der Waals surface area contributed by atoms with Crippen LogP contribution in [0.1, 0.15) is 21.6 Å². The average Bonchev–Trinajstić information content (AvgIpc) is 3.23. The molecule has 6 nitrogen and oxygen atoms in total. The molecule has 0 unspecified atom stereocenters. The first-order valence-corrected chi connectivity index (χ1v) is 11.9. The Labute approximate surface area is 204 Å². The van der Waals surface area contributed by atoms with Crippen molar-refractivity contribution in [2.24, 2.45) is 0 Å². The van der Waals surface area contributed by atoms with Crippen molar-refractivity contribution in [2.45, 2.75) is 26.9 Å². The van der Waals surface area contributed by atoms with Gasteiger partial charge in [-0.05, 0) is 60.7 Å². The molecule has 1 aromatic heterocycles. The molecule has 0 atom stereocenters. The lowest BCUT2D eigenvalue weighted by Gasteiger charge is -2.28. The van der Waals surface area contributed by atoms with Crippen LogP contribution in [0, 0.1) is 19.7 Å². The Hall–Kier alpha value is -3.23. The summed E-state index contributed by atoms with van der Waals surface area (Å²) >= 11 is 1.58. The number of aryl methyl sites for hydroxylation is 2. The number of ether oxygens (including phenoxy) is 1. The zero-order valence-corrected chi connectivity index (χ0v) is 20.5. The summed E-state index contributed by atoms with van der Waals surface area (Å²) in [5.74, 6) is -0.526. The van der Waals surface area contributed by atoms with Gasteiger partial charge in [-0.3, -0.25) is 4.79 Å². The van der Waals surface area contributed by atoms with Gasteiger partial charge in [-0.1, -0.05) is 29.8 Å². The standard InChI is InChI=1S/C26H30FN3O3S/c1-19-4-10-23(11-5-19)28-26(32)29(13-14-33-3)18-25(31)30(17-24-20(2)12-15-34-24)16-21-6-8-22(27)9-7-21/h4-12,15H,13-14,16-18H2,1-3H3,(H,28,32). The van der Waals surface area contributed by atoms with Gasteiger partial charge in [0.1, 0.15) is 12.4 Å². The SMILES string of the molecule is COCCN(CC(=O)N(Cc1ccc(F)cc1)Cc1sccc1C)C(=O)Nc1ccc(C)cc1. The highest BCUT2D eigenvalue weighted by atomic mass is 32.1. The second-order valence-corrected chi connectivity index (χ2v) is 9.11. The molecule has 0 spiro atoms. The third-order valence-corrected chi connectivity index (χ3v) is 6.43. The first kappa shape index (κ1) is 25.4. The van der Waals surface area contributed by atoms with Gasteiger partial charge in [0.05, 0.1) is 13.2 Å². The molecule has 0 aliphatic rings. The van der Waals surface area contributed by atoms with Crippen molar-refractivity contribution in [1.82, 2.24) is 9.80 Å². The fourth-order valence-corrected chi connectivity index (χ4v) is 4.26. The zero-order chi connectivity index (χ0) is 24.5. The van der Waals surface area contributed by atoms with Gasteiger partial charge in [0.2, 0.25) is 5.91 Å². The summed E-state index contributed by atoms with van der Waals surface area (Å²) in [6.07, 6.45) is 0. The molecule has 1 heterocycles. The molecule has 0 saturated heterocycles. The van der Waals surface area contributed by atoms with E-state index in [-0.39, 0.29) is 30.8 Å². The van der Waals surface area contributed by atoms with E-state index in [1.54, 1.807) is 35.5 Å². The maximum Gasteiger partial charge on any atom is 0.322 e. The van der Waals surface area contributed by atoms with Crippen LogP contribution in [0.15, 0.2) is 60.0 Å². The normalized spacial score (nSPS) is 10.7. The van der Waals surface area contributed by atoms with Crippen molar-refractivity contribution in [3.8, 4) is 0 Å². The van der Waals surface area contributed by atoms with Gasteiger partial charge in [0, 0.05) is 30.8 Å². The number of methoxy groups -OCH3 is 1. The van der Waals surface area contributed by atoms with Crippen LogP contribution in [-0.4, -0.2) is 48.5 Å². The fourth-order valence-electron chi connectivity index (χ4n) is 3.34. The summed E-state index contributed by atoms with van der Waals surface area (Å²) in [7, 11) is 1.55. The monoisotopic (exact) mass is 483 g/mol. The first-order chi connectivity index (χ1) is 16.4. The molecular weight excluding hydrogens is 453 g/mol. The van der Waals surface area contributed by atoms with Gasteiger partial charge in [0.25, 0.3) is 0 Å². The predicted molar refractivity (Wildman–Crippen MR) is 133 cm³/mol. The van der Waals surface area contributed by atoms with Crippen LogP contribution in [0.2, 0.25) is 0 Å². The van der Waals surface area contributed by atoms with E-state index in [0.717, 1.165) is 21.6 Å². The third-order valence-electron chi connectivity index (χ3n) is 5.42. The van der Waals surface area contributed by atoms with E-state index in [1.165, 1.54) is 17.0 Å². The van der Waals surface area contributed by atoms with Crippen molar-refractivity contribution in [2.75, 3.05) is 32.1 Å². The minimum absolute atomic E-state index is 0.104. The van der Waals surface area contributed by atoms with Crippen LogP contribution in [0.3, 0.4) is 0 Å². The largest absolute Gasteiger partial charge is 0.383 e. The van der Waals surface area contributed by atoms with Gasteiger partial charge in [-0.25, -0.2) is 9.18 Å². The van der Waals surface area contributed by atoms with Crippen LogP contribution < -0.4 is 5.32 Å². The molecule has 1 N–H and O–H groups in total. The van der Waals surface area contributed by atoms with E-state index in [2.05, 4.69) is 5.32 Å². The molecule has 3 aromatic rings. The summed E-state index contributed by atoms with van der Waals surface area (Å²) in [4.78, 5) is 30.6. The second-order valence-electron chi connectivity index (χ2n) is 8.11. The average molecular weight is 484 g/mol. The maximum absolute atomic E-state index is 13.4. The minimum atomic E-state index is -0.372. The van der Waals surface area contributed by atoms with Crippen molar-refractivity contribution in [3.05, 3.63) is 87.4 Å². The third kappa shape index (κ3) is 7.40. The van der Waals surface area contributed by atoms with E-state index in [1.807, 2.05) is 49.6 Å². The first-order valence-electron chi connectivity index (χ1n) is 11.0. The fraction of sp³-hybridized carbons (Fsp3) is 0.308. The van der Waals surface area contributed by atoms with E-state index in [9.17, 15) is 14.0 Å². The van der Waals surface area contributed by atoms with Crippen molar-refractivity contribution in [1.29, 1.82) is 0 Å². The number of rotatable bonds is 10. The summed E-state index contributed by atoms with van der Waals surface area (Å²) < 4.78 is 18.5. The Kier molecular flexibility index (Phi) is 9.18. The maximum atomic E-state index is 13.4. The van der Waals surface area contributed by atoms with Gasteiger partial charge in [-0.2, -0.15) is 0 Å². The number of benzene rings is 2. The van der Waals surface area contributed by atoms with Crippen molar-refractivity contribution >= 4 is 29.0 Å². The van der Waals surface area contributed by atoms with Crippen LogP contribution in [0.4, 0.5) is 14.9 Å². The summed E-state index contributed by atoms with van der Waals surface area (Å²) in [5.41, 5.74) is 3.67. The molecule has 0 fully saturated rings. The Morgan fingerprint density at radius 3 is 2.29 bits per heavy atom. The molecule has 8 heteroatoms. The Balaban J connectivity index is 1.76. The van der Waals surface area contributed by atoms with Gasteiger partial charge < -0.3 is 19.9 Å². The number of carbonyl (C=O) groups is 2. The van der Waals surface area contributed by atoms with Crippen LogP contribution in [0.5, 0.6) is 0 Å². The molecule has 34 heavy (non-hydrogen) atoms. The molecule has 3 amide bonds. The predicted octanol–water partition coefficient (Wildman–Crippen LogP) is 5.21. The topological polar surface area (TPSA) is 61.9 Å². The van der Waals surface area contributed by atoms with E-state index >= 15 is 0 Å². The van der Waals surface area contributed by atoms with Crippen molar-refractivity contribution in [3.63, 3.8) is 0 Å². The van der Waals surface area contributed by atoms with Gasteiger partial charge >= 0.3 is 6.03 Å². The lowest BCUT2D eigenvalue weighted by atomic mass is 10.2. The number of halogens is 1. The smallest absolute Gasteiger partial charge is 0.322 e. The minimum Gasteiger partial charge on any atom is -0.383 e. The number of anilines is 1. The molecule has 0 radical (unpaired) electrons. The Bertz CT molecular complexity index is 1080. The quantitative estimate of drug-likeness (QED) is 0.430. The number of nitrogens with zero attached hydrogens (tertiary/aromatic N) is 2. The second kappa shape index (κ2) is 12.3. The highest BCUT2D eigenvalue weighted by Crippen LogP contribution is 2.20. The number of hydrogen-bond donors (Lipinski definition) is 1. The van der Waals surface area contributed by atoms with Crippen LogP contribution >= 0.6 is 11.3 Å². The number of thiophene rings is 1. The summed E-state index contributed by atoms with van der Waals surface area (Å²) in [5, 5.41) is 4.85. The van der Waals surface area contributed by atoms with Crippen molar-refractivity contribution < 1.29 is 18.7 Å². The summed E-state index contributed by atoms with van der Waals surface area (Å²) in [6, 6.07) is 15.2. The molecular formula is C26H30FN3O3S.